The highest BCUT2D eigenvalue weighted by molar-refractivity contribution is 5.93. The fourth-order valence-corrected chi connectivity index (χ4v) is 1.89. The van der Waals surface area contributed by atoms with Crippen LogP contribution >= 0.6 is 0 Å². The van der Waals surface area contributed by atoms with Crippen molar-refractivity contribution in [3.8, 4) is 0 Å². The van der Waals surface area contributed by atoms with Gasteiger partial charge in [0, 0.05) is 24.4 Å². The molecule has 0 aliphatic rings. The number of hydrogen-bond acceptors (Lipinski definition) is 3. The van der Waals surface area contributed by atoms with Gasteiger partial charge in [-0.3, -0.25) is 4.79 Å². The van der Waals surface area contributed by atoms with Gasteiger partial charge in [0.25, 0.3) is 0 Å². The van der Waals surface area contributed by atoms with Crippen LogP contribution in [0.15, 0.2) is 24.3 Å². The predicted molar refractivity (Wildman–Crippen MR) is 77.8 cm³/mol. The summed E-state index contributed by atoms with van der Waals surface area (Å²) >= 11 is 0. The average Bonchev–Trinajstić information content (AvgIpc) is 2.38. The van der Waals surface area contributed by atoms with Crippen molar-refractivity contribution in [2.75, 3.05) is 18.5 Å². The summed E-state index contributed by atoms with van der Waals surface area (Å²) < 4.78 is 5.40. The molecule has 4 heteroatoms. The van der Waals surface area contributed by atoms with Crippen LogP contribution in [0.5, 0.6) is 0 Å². The molecule has 1 aromatic rings. The first-order valence-electron chi connectivity index (χ1n) is 6.76. The number of amides is 1. The lowest BCUT2D eigenvalue weighted by Gasteiger charge is -2.19. The molecule has 0 bridgehead atoms. The van der Waals surface area contributed by atoms with Crippen LogP contribution in [0.3, 0.4) is 0 Å². The number of carbonyl (C=O) groups excluding carboxylic acids is 1. The van der Waals surface area contributed by atoms with Gasteiger partial charge in [0.05, 0.1) is 12.5 Å². The number of carbonyl (C=O) groups is 1. The van der Waals surface area contributed by atoms with Crippen LogP contribution in [0.2, 0.25) is 0 Å². The summed E-state index contributed by atoms with van der Waals surface area (Å²) in [5, 5.41) is 2.95. The molecule has 19 heavy (non-hydrogen) atoms. The zero-order valence-corrected chi connectivity index (χ0v) is 12.0. The number of ether oxygens (including phenoxy) is 1. The number of para-hydroxylation sites is 1. The van der Waals surface area contributed by atoms with Crippen molar-refractivity contribution in [1.29, 1.82) is 0 Å². The van der Waals surface area contributed by atoms with Gasteiger partial charge in [-0.15, -0.1) is 0 Å². The van der Waals surface area contributed by atoms with Crippen molar-refractivity contribution in [3.05, 3.63) is 29.8 Å². The molecule has 4 nitrogen and oxygen atoms in total. The molecule has 0 radical (unpaired) electrons. The number of rotatable bonds is 7. The summed E-state index contributed by atoms with van der Waals surface area (Å²) in [6, 6.07) is 7.68. The van der Waals surface area contributed by atoms with E-state index in [0.29, 0.717) is 19.8 Å². The molecule has 0 aromatic heterocycles. The Morgan fingerprint density at radius 1 is 1.37 bits per heavy atom. The third-order valence-electron chi connectivity index (χ3n) is 3.13. The highest BCUT2D eigenvalue weighted by Crippen LogP contribution is 2.19. The fraction of sp³-hybridized carbons (Fsp3) is 0.533. The summed E-state index contributed by atoms with van der Waals surface area (Å²) in [5.41, 5.74) is 7.45. The first-order chi connectivity index (χ1) is 9.10. The first kappa shape index (κ1) is 15.7. The first-order valence-corrected chi connectivity index (χ1v) is 6.76. The number of hydrogen-bond donors (Lipinski definition) is 2. The maximum Gasteiger partial charge on any atom is 0.229 e. The standard InChI is InChI=1S/C15H24N2O2/c1-4-19-10-12-7-5-6-8-14(12)17-15(18)13(9-16)11(2)3/h5-8,11,13H,4,9-10,16H2,1-3H3,(H,17,18). The molecular formula is C15H24N2O2. The molecule has 1 atom stereocenters. The van der Waals surface area contributed by atoms with Crippen molar-refractivity contribution >= 4 is 11.6 Å². The van der Waals surface area contributed by atoms with E-state index in [1.54, 1.807) is 0 Å². The second kappa shape index (κ2) is 7.92. The Morgan fingerprint density at radius 2 is 2.05 bits per heavy atom. The topological polar surface area (TPSA) is 64.3 Å². The van der Waals surface area contributed by atoms with Crippen molar-refractivity contribution < 1.29 is 9.53 Å². The highest BCUT2D eigenvalue weighted by atomic mass is 16.5. The van der Waals surface area contributed by atoms with Gasteiger partial charge < -0.3 is 15.8 Å². The Balaban J connectivity index is 2.78. The molecule has 0 aliphatic carbocycles. The van der Waals surface area contributed by atoms with Gasteiger partial charge in [-0.1, -0.05) is 32.0 Å². The summed E-state index contributed by atoms with van der Waals surface area (Å²) in [5.74, 6) is 0.0330. The molecule has 0 heterocycles. The highest BCUT2D eigenvalue weighted by Gasteiger charge is 2.21. The van der Waals surface area contributed by atoms with Crippen molar-refractivity contribution in [2.24, 2.45) is 17.6 Å². The summed E-state index contributed by atoms with van der Waals surface area (Å²) in [7, 11) is 0. The van der Waals surface area contributed by atoms with Gasteiger partial charge in [0.2, 0.25) is 5.91 Å². The van der Waals surface area contributed by atoms with E-state index in [1.807, 2.05) is 45.0 Å². The number of nitrogens with one attached hydrogen (secondary N) is 1. The molecule has 0 saturated heterocycles. The van der Waals surface area contributed by atoms with Crippen LogP contribution < -0.4 is 11.1 Å². The second-order valence-electron chi connectivity index (χ2n) is 4.87. The zero-order chi connectivity index (χ0) is 14.3. The third-order valence-corrected chi connectivity index (χ3v) is 3.13. The average molecular weight is 264 g/mol. The van der Waals surface area contributed by atoms with E-state index in [1.165, 1.54) is 0 Å². The van der Waals surface area contributed by atoms with E-state index in [0.717, 1.165) is 11.3 Å². The smallest absolute Gasteiger partial charge is 0.229 e. The van der Waals surface area contributed by atoms with Gasteiger partial charge in [0.15, 0.2) is 0 Å². The Hall–Kier alpha value is -1.39. The van der Waals surface area contributed by atoms with E-state index < -0.39 is 0 Å². The second-order valence-corrected chi connectivity index (χ2v) is 4.87. The van der Waals surface area contributed by atoms with Crippen LogP contribution in [0.25, 0.3) is 0 Å². The maximum absolute atomic E-state index is 12.2. The predicted octanol–water partition coefficient (Wildman–Crippen LogP) is 2.39. The zero-order valence-electron chi connectivity index (χ0n) is 12.0. The Bertz CT molecular complexity index is 405. The lowest BCUT2D eigenvalue weighted by molar-refractivity contribution is -0.120. The molecule has 0 saturated carbocycles. The summed E-state index contributed by atoms with van der Waals surface area (Å²) in [6.45, 7) is 7.47. The molecule has 106 valence electrons. The van der Waals surface area contributed by atoms with E-state index in [4.69, 9.17) is 10.5 Å². The van der Waals surface area contributed by atoms with Crippen molar-refractivity contribution in [2.45, 2.75) is 27.4 Å². The molecule has 3 N–H and O–H groups in total. The Kier molecular flexibility index (Phi) is 6.53. The number of anilines is 1. The quantitative estimate of drug-likeness (QED) is 0.794. The molecule has 1 rings (SSSR count). The van der Waals surface area contributed by atoms with Crippen molar-refractivity contribution in [3.63, 3.8) is 0 Å². The van der Waals surface area contributed by atoms with E-state index >= 15 is 0 Å². The SMILES string of the molecule is CCOCc1ccccc1NC(=O)C(CN)C(C)C. The fourth-order valence-electron chi connectivity index (χ4n) is 1.89. The third kappa shape index (κ3) is 4.65. The van der Waals surface area contributed by atoms with Crippen LogP contribution in [0, 0.1) is 11.8 Å². The van der Waals surface area contributed by atoms with E-state index in [9.17, 15) is 4.79 Å². The van der Waals surface area contributed by atoms with Gasteiger partial charge in [0.1, 0.15) is 0 Å². The molecule has 0 spiro atoms. The van der Waals surface area contributed by atoms with E-state index in [2.05, 4.69) is 5.32 Å². The lowest BCUT2D eigenvalue weighted by atomic mass is 9.95. The summed E-state index contributed by atoms with van der Waals surface area (Å²) in [4.78, 5) is 12.2. The van der Waals surface area contributed by atoms with Gasteiger partial charge in [-0.05, 0) is 18.9 Å². The summed E-state index contributed by atoms with van der Waals surface area (Å²) in [6.07, 6.45) is 0. The van der Waals surface area contributed by atoms with Gasteiger partial charge in [-0.25, -0.2) is 0 Å². The van der Waals surface area contributed by atoms with Crippen molar-refractivity contribution in [1.82, 2.24) is 0 Å². The molecular weight excluding hydrogens is 240 g/mol. The number of benzene rings is 1. The minimum absolute atomic E-state index is 0.0264. The molecule has 1 unspecified atom stereocenters. The van der Waals surface area contributed by atoms with Gasteiger partial charge >= 0.3 is 0 Å². The molecule has 0 aliphatic heterocycles. The normalized spacial score (nSPS) is 12.5. The maximum atomic E-state index is 12.2. The van der Waals surface area contributed by atoms with E-state index in [-0.39, 0.29) is 17.7 Å². The minimum Gasteiger partial charge on any atom is -0.377 e. The van der Waals surface area contributed by atoms with Crippen LogP contribution in [-0.4, -0.2) is 19.1 Å². The monoisotopic (exact) mass is 264 g/mol. The Morgan fingerprint density at radius 3 is 2.63 bits per heavy atom. The van der Waals surface area contributed by atoms with Crippen LogP contribution in [-0.2, 0) is 16.1 Å². The molecule has 1 amide bonds. The largest absolute Gasteiger partial charge is 0.377 e. The van der Waals surface area contributed by atoms with Crippen LogP contribution in [0.4, 0.5) is 5.69 Å². The molecule has 1 aromatic carbocycles. The molecule has 0 fully saturated rings. The Labute approximate surface area is 115 Å². The van der Waals surface area contributed by atoms with Gasteiger partial charge in [-0.2, -0.15) is 0 Å². The number of nitrogens with two attached hydrogens (primary N) is 1. The van der Waals surface area contributed by atoms with Crippen LogP contribution in [0.1, 0.15) is 26.3 Å². The lowest BCUT2D eigenvalue weighted by Crippen LogP contribution is -2.33. The minimum atomic E-state index is -0.167.